The summed E-state index contributed by atoms with van der Waals surface area (Å²) in [5, 5.41) is 11.2. The fraction of sp³-hybridized carbons (Fsp3) is 0.667. The number of β-amino-alcohol motifs (C(OH)–C–C–N with tert-alkyl or cyclic N) is 1. The summed E-state index contributed by atoms with van der Waals surface area (Å²) in [6.45, 7) is 9.49. The van der Waals surface area contributed by atoms with Crippen molar-refractivity contribution in [1.29, 1.82) is 0 Å². The van der Waals surface area contributed by atoms with E-state index < -0.39 is 21.8 Å². The molecule has 2 N–H and O–H groups in total. The molecule has 1 aromatic carbocycles. The Bertz CT molecular complexity index is 1620. The predicted molar refractivity (Wildman–Crippen MR) is 177 cm³/mol. The first-order chi connectivity index (χ1) is 23.4. The van der Waals surface area contributed by atoms with Crippen molar-refractivity contribution in [2.75, 3.05) is 70.5 Å². The maximum atomic E-state index is 14.4. The number of ether oxygens (including phenoxy) is 3. The SMILES string of the molecule is CC(C)N(C(=O)c1cc(F)ccc1Oc1cncnc1N1CC2(CCN(C[C@@]3(O)CC[C@@H](NS(=O)(=O)N4CCC4)CO3)CC2)C1)C1COC1. The van der Waals surface area contributed by atoms with Gasteiger partial charge in [-0.3, -0.25) is 9.69 Å². The van der Waals surface area contributed by atoms with Crippen molar-refractivity contribution in [3.05, 3.63) is 42.1 Å². The zero-order valence-corrected chi connectivity index (χ0v) is 28.9. The fourth-order valence-electron chi connectivity index (χ4n) is 7.45. The molecule has 1 aromatic heterocycles. The third kappa shape index (κ3) is 7.27. The summed E-state index contributed by atoms with van der Waals surface area (Å²) >= 11 is 0. The number of hydrogen-bond donors (Lipinski definition) is 2. The van der Waals surface area contributed by atoms with Gasteiger partial charge in [0.25, 0.3) is 16.1 Å². The molecule has 5 aliphatic rings. The van der Waals surface area contributed by atoms with Crippen LogP contribution in [-0.4, -0.2) is 133 Å². The number of aliphatic hydroxyl groups is 1. The van der Waals surface area contributed by atoms with Gasteiger partial charge in [-0.15, -0.1) is 0 Å². The van der Waals surface area contributed by atoms with Gasteiger partial charge >= 0.3 is 0 Å². The van der Waals surface area contributed by atoms with E-state index >= 15 is 0 Å². The van der Waals surface area contributed by atoms with E-state index in [0.29, 0.717) is 57.3 Å². The predicted octanol–water partition coefficient (Wildman–Crippen LogP) is 1.97. The number of aromatic nitrogens is 2. The van der Waals surface area contributed by atoms with Gasteiger partial charge in [-0.2, -0.15) is 17.4 Å². The summed E-state index contributed by atoms with van der Waals surface area (Å²) in [6, 6.07) is 3.43. The number of benzene rings is 1. The fourth-order valence-corrected chi connectivity index (χ4v) is 8.94. The van der Waals surface area contributed by atoms with Crippen molar-refractivity contribution >= 4 is 21.9 Å². The van der Waals surface area contributed by atoms with E-state index in [1.165, 1.54) is 28.8 Å². The Morgan fingerprint density at radius 1 is 1.14 bits per heavy atom. The Morgan fingerprint density at radius 3 is 2.51 bits per heavy atom. The van der Waals surface area contributed by atoms with E-state index in [9.17, 15) is 22.7 Å². The number of rotatable bonds is 11. The molecule has 1 spiro atoms. The minimum Gasteiger partial charge on any atom is -0.451 e. The van der Waals surface area contributed by atoms with Crippen molar-refractivity contribution in [3.8, 4) is 11.5 Å². The van der Waals surface area contributed by atoms with E-state index in [1.807, 2.05) is 13.8 Å². The molecule has 7 rings (SSSR count). The summed E-state index contributed by atoms with van der Waals surface area (Å²) < 4.78 is 60.9. The van der Waals surface area contributed by atoms with Crippen molar-refractivity contribution in [3.63, 3.8) is 0 Å². The van der Waals surface area contributed by atoms with Crippen molar-refractivity contribution in [1.82, 2.24) is 28.8 Å². The molecule has 14 nitrogen and oxygen atoms in total. The highest BCUT2D eigenvalue weighted by Crippen LogP contribution is 2.45. The Hall–Kier alpha value is -2.99. The lowest BCUT2D eigenvalue weighted by Gasteiger charge is -2.55. The second kappa shape index (κ2) is 13.6. The van der Waals surface area contributed by atoms with Crippen LogP contribution < -0.4 is 14.4 Å². The van der Waals surface area contributed by atoms with Gasteiger partial charge in [0.1, 0.15) is 17.9 Å². The van der Waals surface area contributed by atoms with E-state index in [4.69, 9.17) is 14.2 Å². The zero-order chi connectivity index (χ0) is 34.4. The molecule has 0 unspecified atom stereocenters. The van der Waals surface area contributed by atoms with Crippen LogP contribution in [0, 0.1) is 11.2 Å². The summed E-state index contributed by atoms with van der Waals surface area (Å²) in [5.41, 5.74) is 0.226. The first-order valence-corrected chi connectivity index (χ1v) is 18.7. The lowest BCUT2D eigenvalue weighted by molar-refractivity contribution is -0.239. The number of nitrogens with zero attached hydrogens (tertiary/aromatic N) is 6. The van der Waals surface area contributed by atoms with Gasteiger partial charge in [0.15, 0.2) is 17.4 Å². The summed E-state index contributed by atoms with van der Waals surface area (Å²) in [7, 11) is -3.50. The number of likely N-dealkylation sites (tertiary alicyclic amines) is 1. The molecule has 1 amide bonds. The molecular weight excluding hydrogens is 657 g/mol. The Balaban J connectivity index is 0.936. The Morgan fingerprint density at radius 2 is 1.90 bits per heavy atom. The maximum Gasteiger partial charge on any atom is 0.279 e. The van der Waals surface area contributed by atoms with E-state index in [1.54, 1.807) is 11.1 Å². The standard InChI is InChI=1S/C33H46FN7O7S/c1-23(2)41(26-17-46-18-26)31(42)27-14-24(34)4-5-28(27)48-29-15-35-22-36-30(29)39-19-32(20-39)8-12-38(13-9-32)21-33(43)7-6-25(16-47-33)37-49(44,45)40-10-3-11-40/h4-5,14-15,22-23,25-26,37,43H,3,6-13,16-21H2,1-2H3/t25-,33-/m1/s1. The van der Waals surface area contributed by atoms with Gasteiger partial charge in [0, 0.05) is 50.1 Å². The van der Waals surface area contributed by atoms with Crippen molar-refractivity contribution in [2.24, 2.45) is 5.41 Å². The Labute approximate surface area is 286 Å². The largest absolute Gasteiger partial charge is 0.451 e. The number of amides is 1. The second-order valence-corrected chi connectivity index (χ2v) is 16.2. The lowest BCUT2D eigenvalue weighted by Crippen LogP contribution is -2.62. The van der Waals surface area contributed by atoms with Gasteiger partial charge in [0.05, 0.1) is 44.2 Å². The van der Waals surface area contributed by atoms with Gasteiger partial charge in [0.2, 0.25) is 0 Å². The van der Waals surface area contributed by atoms with Crippen LogP contribution in [0.3, 0.4) is 0 Å². The molecule has 268 valence electrons. The number of carbonyl (C=O) groups is 1. The highest BCUT2D eigenvalue weighted by atomic mass is 32.2. The lowest BCUT2D eigenvalue weighted by atomic mass is 9.72. The van der Waals surface area contributed by atoms with Crippen LogP contribution in [0.5, 0.6) is 11.5 Å². The molecule has 0 radical (unpaired) electrons. The summed E-state index contributed by atoms with van der Waals surface area (Å²) in [5.74, 6) is -0.911. The van der Waals surface area contributed by atoms with Crippen LogP contribution in [-0.2, 0) is 19.7 Å². The van der Waals surface area contributed by atoms with E-state index in [2.05, 4.69) is 24.5 Å². The van der Waals surface area contributed by atoms with Crippen LogP contribution in [0.2, 0.25) is 0 Å². The third-order valence-electron chi connectivity index (χ3n) is 10.5. The highest BCUT2D eigenvalue weighted by Gasteiger charge is 2.48. The highest BCUT2D eigenvalue weighted by molar-refractivity contribution is 7.87. The second-order valence-electron chi connectivity index (χ2n) is 14.5. The van der Waals surface area contributed by atoms with Crippen molar-refractivity contribution in [2.45, 2.75) is 69.9 Å². The number of anilines is 1. The minimum atomic E-state index is -3.50. The molecule has 6 heterocycles. The maximum absolute atomic E-state index is 14.4. The van der Waals surface area contributed by atoms with Crippen LogP contribution in [0.15, 0.2) is 30.7 Å². The van der Waals surface area contributed by atoms with Crippen LogP contribution in [0.25, 0.3) is 0 Å². The monoisotopic (exact) mass is 703 g/mol. The molecule has 0 aliphatic carbocycles. The molecule has 5 fully saturated rings. The number of hydrogen-bond acceptors (Lipinski definition) is 11. The van der Waals surface area contributed by atoms with E-state index in [-0.39, 0.29) is 47.4 Å². The van der Waals surface area contributed by atoms with Crippen LogP contribution in [0.1, 0.15) is 56.3 Å². The number of piperidine rings is 1. The molecule has 2 atom stereocenters. The molecule has 5 aliphatic heterocycles. The van der Waals surface area contributed by atoms with E-state index in [0.717, 1.165) is 45.4 Å². The first kappa shape index (κ1) is 34.5. The number of nitrogens with one attached hydrogen (secondary N) is 1. The minimum absolute atomic E-state index is 0.0726. The summed E-state index contributed by atoms with van der Waals surface area (Å²) in [6.07, 6.45) is 6.66. The van der Waals surface area contributed by atoms with Gasteiger partial charge in [-0.25, -0.2) is 14.4 Å². The quantitative estimate of drug-likeness (QED) is 0.354. The average molecular weight is 704 g/mol. The Kier molecular flexibility index (Phi) is 9.58. The number of halogens is 1. The average Bonchev–Trinajstić information content (AvgIpc) is 2.99. The molecular formula is C33H46FN7O7S. The van der Waals surface area contributed by atoms with Crippen LogP contribution >= 0.6 is 0 Å². The third-order valence-corrected chi connectivity index (χ3v) is 12.2. The molecule has 5 saturated heterocycles. The molecule has 0 saturated carbocycles. The smallest absolute Gasteiger partial charge is 0.279 e. The normalized spacial score (nSPS) is 26.2. The van der Waals surface area contributed by atoms with Gasteiger partial charge < -0.3 is 29.1 Å². The molecule has 49 heavy (non-hydrogen) atoms. The van der Waals surface area contributed by atoms with Crippen molar-refractivity contribution < 1.29 is 36.9 Å². The summed E-state index contributed by atoms with van der Waals surface area (Å²) in [4.78, 5) is 28.5. The first-order valence-electron chi connectivity index (χ1n) is 17.2. The zero-order valence-electron chi connectivity index (χ0n) is 28.1. The van der Waals surface area contributed by atoms with Gasteiger partial charge in [-0.1, -0.05) is 0 Å². The number of carbonyl (C=O) groups excluding carboxylic acids is 1. The molecule has 0 bridgehead atoms. The topological polar surface area (TPSA) is 150 Å². The van der Waals surface area contributed by atoms with Crippen LogP contribution in [0.4, 0.5) is 10.2 Å². The van der Waals surface area contributed by atoms with Gasteiger partial charge in [-0.05, 0) is 70.8 Å². The molecule has 16 heteroatoms. The molecule has 2 aromatic rings.